The van der Waals surface area contributed by atoms with Gasteiger partial charge in [0, 0.05) is 39.0 Å². The predicted octanol–water partition coefficient (Wildman–Crippen LogP) is 1.12. The number of likely N-dealkylation sites (N-methyl/N-ethyl adjacent to an activating group) is 1. The molecule has 11 heteroatoms. The highest BCUT2D eigenvalue weighted by Gasteiger charge is 2.31. The second-order valence-electron chi connectivity index (χ2n) is 8.58. The molecule has 2 aromatic rings. The predicted molar refractivity (Wildman–Crippen MR) is 122 cm³/mol. The van der Waals surface area contributed by atoms with Crippen LogP contribution in [0.15, 0.2) is 41.4 Å². The quantitative estimate of drug-likeness (QED) is 0.660. The Kier molecular flexibility index (Phi) is 8.57. The maximum atomic E-state index is 13.1. The number of aliphatic hydroxyl groups is 1. The molecule has 2 heterocycles. The third kappa shape index (κ3) is 6.38. The molecule has 0 saturated carbocycles. The zero-order valence-corrected chi connectivity index (χ0v) is 20.2. The van der Waals surface area contributed by atoms with Crippen LogP contribution in [0.25, 0.3) is 0 Å². The molecule has 10 nitrogen and oxygen atoms in total. The summed E-state index contributed by atoms with van der Waals surface area (Å²) in [6.45, 7) is 4.74. The Morgan fingerprint density at radius 3 is 2.73 bits per heavy atom. The Labute approximate surface area is 195 Å². The van der Waals surface area contributed by atoms with E-state index >= 15 is 0 Å². The van der Waals surface area contributed by atoms with E-state index in [0.29, 0.717) is 31.6 Å². The SMILES string of the molecule is C[C@H](CO)N1C[C@H](C)[C@@H](CN(C)S(=O)(=O)c2ccccc2)OCc2cn(nn2)CCCC1=O. The van der Waals surface area contributed by atoms with Gasteiger partial charge in [-0.2, -0.15) is 4.31 Å². The first-order chi connectivity index (χ1) is 15.7. The van der Waals surface area contributed by atoms with E-state index in [1.807, 2.05) is 6.92 Å². The lowest BCUT2D eigenvalue weighted by molar-refractivity contribution is -0.136. The number of hydrogen-bond donors (Lipinski definition) is 1. The molecular formula is C22H33N5O5S. The van der Waals surface area contributed by atoms with Gasteiger partial charge in [-0.05, 0) is 25.5 Å². The maximum Gasteiger partial charge on any atom is 0.242 e. The van der Waals surface area contributed by atoms with Crippen LogP contribution in [0.1, 0.15) is 32.4 Å². The molecule has 1 aliphatic heterocycles. The van der Waals surface area contributed by atoms with Gasteiger partial charge in [0.1, 0.15) is 5.69 Å². The number of aryl methyl sites for hydroxylation is 1. The van der Waals surface area contributed by atoms with Crippen LogP contribution in [-0.2, 0) is 32.7 Å². The zero-order chi connectivity index (χ0) is 24.0. The van der Waals surface area contributed by atoms with Crippen LogP contribution in [-0.4, -0.2) is 82.5 Å². The van der Waals surface area contributed by atoms with Crippen molar-refractivity contribution < 1.29 is 23.1 Å². The summed E-state index contributed by atoms with van der Waals surface area (Å²) >= 11 is 0. The van der Waals surface area contributed by atoms with E-state index in [1.165, 1.54) is 11.4 Å². The third-order valence-electron chi connectivity index (χ3n) is 5.93. The summed E-state index contributed by atoms with van der Waals surface area (Å²) in [7, 11) is -2.18. The summed E-state index contributed by atoms with van der Waals surface area (Å²) in [6.07, 6.45) is 2.19. The van der Waals surface area contributed by atoms with E-state index in [9.17, 15) is 18.3 Å². The van der Waals surface area contributed by atoms with E-state index in [1.54, 1.807) is 53.0 Å². The molecule has 0 fully saturated rings. The number of fused-ring (bicyclic) bond motifs is 2. The number of sulfonamides is 1. The van der Waals surface area contributed by atoms with Crippen molar-refractivity contribution in [1.29, 1.82) is 0 Å². The van der Waals surface area contributed by atoms with Crippen molar-refractivity contribution >= 4 is 15.9 Å². The first kappa shape index (κ1) is 25.3. The summed E-state index contributed by atoms with van der Waals surface area (Å²) in [5, 5.41) is 17.9. The van der Waals surface area contributed by atoms with Gasteiger partial charge >= 0.3 is 0 Å². The van der Waals surface area contributed by atoms with E-state index in [-0.39, 0.29) is 42.5 Å². The average molecular weight is 480 g/mol. The number of nitrogens with zero attached hydrogens (tertiary/aromatic N) is 5. The summed E-state index contributed by atoms with van der Waals surface area (Å²) in [4.78, 5) is 14.8. The van der Waals surface area contributed by atoms with Crippen LogP contribution >= 0.6 is 0 Å². The number of benzene rings is 1. The molecule has 1 aromatic carbocycles. The van der Waals surface area contributed by atoms with Crippen molar-refractivity contribution in [2.24, 2.45) is 5.92 Å². The van der Waals surface area contributed by atoms with Gasteiger partial charge in [-0.3, -0.25) is 9.48 Å². The van der Waals surface area contributed by atoms with E-state index < -0.39 is 16.1 Å². The molecule has 1 aromatic heterocycles. The topological polar surface area (TPSA) is 118 Å². The van der Waals surface area contributed by atoms with Crippen LogP contribution in [0.4, 0.5) is 0 Å². The Balaban J connectivity index is 1.85. The molecule has 0 aliphatic carbocycles. The second kappa shape index (κ2) is 11.2. The molecule has 0 saturated heterocycles. The lowest BCUT2D eigenvalue weighted by Crippen LogP contribution is -2.47. The Bertz CT molecular complexity index is 1010. The number of aliphatic hydroxyl groups excluding tert-OH is 1. The standard InChI is InChI=1S/C22H33N5O5S/c1-17-12-27(18(2)15-28)22(29)10-7-11-26-13-19(23-24-26)16-32-21(17)14-25(3)33(30,31)20-8-5-4-6-9-20/h4-6,8-9,13,17-18,21,28H,7,10-12,14-16H2,1-3H3/t17-,18+,21+/m0/s1. The average Bonchev–Trinajstić information content (AvgIpc) is 3.27. The van der Waals surface area contributed by atoms with Crippen LogP contribution in [0, 0.1) is 5.92 Å². The number of rotatable bonds is 6. The summed E-state index contributed by atoms with van der Waals surface area (Å²) in [6, 6.07) is 7.89. The van der Waals surface area contributed by atoms with Crippen molar-refractivity contribution in [2.75, 3.05) is 26.7 Å². The minimum absolute atomic E-state index is 0.0630. The molecule has 1 N–H and O–H groups in total. The van der Waals surface area contributed by atoms with E-state index in [2.05, 4.69) is 10.3 Å². The Morgan fingerprint density at radius 1 is 1.30 bits per heavy atom. The van der Waals surface area contributed by atoms with E-state index in [4.69, 9.17) is 4.74 Å². The van der Waals surface area contributed by atoms with Gasteiger partial charge in [-0.25, -0.2) is 8.42 Å². The van der Waals surface area contributed by atoms with Crippen LogP contribution in [0.5, 0.6) is 0 Å². The lowest BCUT2D eigenvalue weighted by atomic mass is 10.0. The second-order valence-corrected chi connectivity index (χ2v) is 10.6. The number of carbonyl (C=O) groups excluding carboxylic acids is 1. The monoisotopic (exact) mass is 479 g/mol. The number of carbonyl (C=O) groups is 1. The number of ether oxygens (including phenoxy) is 1. The van der Waals surface area contributed by atoms with Crippen molar-refractivity contribution in [3.8, 4) is 0 Å². The fraction of sp³-hybridized carbons (Fsp3) is 0.591. The van der Waals surface area contributed by atoms with Crippen molar-refractivity contribution in [3.05, 3.63) is 42.2 Å². The van der Waals surface area contributed by atoms with Gasteiger partial charge < -0.3 is 14.7 Å². The summed E-state index contributed by atoms with van der Waals surface area (Å²) in [5.41, 5.74) is 0.645. The maximum absolute atomic E-state index is 13.1. The third-order valence-corrected chi connectivity index (χ3v) is 7.77. The Morgan fingerprint density at radius 2 is 2.03 bits per heavy atom. The molecule has 1 amide bonds. The molecule has 1 aliphatic rings. The fourth-order valence-electron chi connectivity index (χ4n) is 3.82. The van der Waals surface area contributed by atoms with Gasteiger partial charge in [-0.15, -0.1) is 5.10 Å². The number of amides is 1. The number of hydrogen-bond acceptors (Lipinski definition) is 7. The van der Waals surface area contributed by atoms with Gasteiger partial charge in [-0.1, -0.05) is 30.3 Å². The van der Waals surface area contributed by atoms with Crippen LogP contribution < -0.4 is 0 Å². The largest absolute Gasteiger partial charge is 0.394 e. The van der Waals surface area contributed by atoms with Crippen molar-refractivity contribution in [3.63, 3.8) is 0 Å². The van der Waals surface area contributed by atoms with Gasteiger partial charge in [0.2, 0.25) is 15.9 Å². The normalized spacial score (nSPS) is 21.8. The van der Waals surface area contributed by atoms with Crippen LogP contribution in [0.3, 0.4) is 0 Å². The smallest absolute Gasteiger partial charge is 0.242 e. The van der Waals surface area contributed by atoms with Gasteiger partial charge in [0.15, 0.2) is 0 Å². The zero-order valence-electron chi connectivity index (χ0n) is 19.4. The van der Waals surface area contributed by atoms with Crippen LogP contribution in [0.2, 0.25) is 0 Å². The fourth-order valence-corrected chi connectivity index (χ4v) is 5.02. The molecule has 3 rings (SSSR count). The molecular weight excluding hydrogens is 446 g/mol. The summed E-state index contributed by atoms with van der Waals surface area (Å²) < 4.78 is 35.2. The summed E-state index contributed by atoms with van der Waals surface area (Å²) in [5.74, 6) is -0.265. The highest BCUT2D eigenvalue weighted by atomic mass is 32.2. The van der Waals surface area contributed by atoms with Crippen molar-refractivity contribution in [1.82, 2.24) is 24.2 Å². The first-order valence-corrected chi connectivity index (χ1v) is 12.6. The number of aromatic nitrogens is 3. The molecule has 0 spiro atoms. The van der Waals surface area contributed by atoms with E-state index in [0.717, 1.165) is 0 Å². The Hall–Kier alpha value is -2.34. The first-order valence-electron chi connectivity index (χ1n) is 11.1. The minimum Gasteiger partial charge on any atom is -0.394 e. The molecule has 2 bridgehead atoms. The molecule has 0 unspecified atom stereocenters. The molecule has 3 atom stereocenters. The molecule has 0 radical (unpaired) electrons. The highest BCUT2D eigenvalue weighted by molar-refractivity contribution is 7.89. The van der Waals surface area contributed by atoms with Gasteiger partial charge in [0.25, 0.3) is 0 Å². The molecule has 33 heavy (non-hydrogen) atoms. The van der Waals surface area contributed by atoms with Gasteiger partial charge in [0.05, 0.1) is 36.5 Å². The molecule has 182 valence electrons. The highest BCUT2D eigenvalue weighted by Crippen LogP contribution is 2.20. The minimum atomic E-state index is -3.71. The van der Waals surface area contributed by atoms with Crippen molar-refractivity contribution in [2.45, 2.75) is 56.9 Å². The lowest BCUT2D eigenvalue weighted by Gasteiger charge is -2.35.